The number of halogens is 7. The van der Waals surface area contributed by atoms with Gasteiger partial charge in [0.2, 0.25) is 11.5 Å². The molecule has 2 aromatic carbocycles. The van der Waals surface area contributed by atoms with Crippen molar-refractivity contribution in [3.8, 4) is 22.8 Å². The Kier molecular flexibility index (Phi) is 7.85. The summed E-state index contributed by atoms with van der Waals surface area (Å²) in [6, 6.07) is 6.95. The predicted molar refractivity (Wildman–Crippen MR) is 142 cm³/mol. The molecule has 238 valence electrons. The van der Waals surface area contributed by atoms with Gasteiger partial charge in [0, 0.05) is 28.3 Å². The van der Waals surface area contributed by atoms with E-state index in [0.717, 1.165) is 49.7 Å². The minimum Gasteiger partial charge on any atom is -0.494 e. The third-order valence-corrected chi connectivity index (χ3v) is 7.44. The van der Waals surface area contributed by atoms with Crippen LogP contribution in [0.5, 0.6) is 11.5 Å². The van der Waals surface area contributed by atoms with Crippen LogP contribution in [0.15, 0.2) is 48.7 Å². The van der Waals surface area contributed by atoms with E-state index >= 15 is 0 Å². The quantitative estimate of drug-likeness (QED) is 0.236. The van der Waals surface area contributed by atoms with Crippen LogP contribution in [-0.4, -0.2) is 64.8 Å². The van der Waals surface area contributed by atoms with Crippen LogP contribution in [-0.2, 0) is 15.8 Å². The van der Waals surface area contributed by atoms with Gasteiger partial charge in [-0.3, -0.25) is 9.59 Å². The first kappa shape index (κ1) is 31.5. The Balaban J connectivity index is 1.59. The van der Waals surface area contributed by atoms with E-state index in [9.17, 15) is 45.4 Å². The number of nitrogens with one attached hydrogen (secondary N) is 1. The van der Waals surface area contributed by atoms with Crippen LogP contribution >= 0.6 is 0 Å². The average molecular weight is 642 g/mol. The van der Waals surface area contributed by atoms with E-state index in [-0.39, 0.29) is 39.2 Å². The molecule has 0 aliphatic carbocycles. The first-order chi connectivity index (χ1) is 21.1. The standard InChI is InChI=1S/C28H22F7N5O5/c1-44-18-7-14(6-15-9-40(25(31)32)39-20(15)18)23(41)37-11-27(43,28(33,34)35)19-8-17-22(45-12-26(17,10-29)24(36)42)21(38-19)13-2-4-16(30)5-3-13/h2-9,25,43H,10-12H2,1H3,(H2,36,42)(H,37,41). The molecule has 0 saturated heterocycles. The van der Waals surface area contributed by atoms with E-state index in [1.165, 1.54) is 0 Å². The first-order valence-corrected chi connectivity index (χ1v) is 12.9. The van der Waals surface area contributed by atoms with E-state index < -0.39 is 72.5 Å². The van der Waals surface area contributed by atoms with Crippen molar-refractivity contribution in [2.75, 3.05) is 26.9 Å². The highest BCUT2D eigenvalue weighted by Gasteiger charge is 2.58. The lowest BCUT2D eigenvalue weighted by Gasteiger charge is -2.31. The molecule has 0 radical (unpaired) electrons. The molecule has 0 spiro atoms. The maximum Gasteiger partial charge on any atom is 0.424 e. The molecule has 0 fully saturated rings. The third-order valence-electron chi connectivity index (χ3n) is 7.44. The number of hydrogen-bond acceptors (Lipinski definition) is 7. The second-order valence-electron chi connectivity index (χ2n) is 10.2. The zero-order valence-electron chi connectivity index (χ0n) is 23.0. The molecule has 4 aromatic rings. The van der Waals surface area contributed by atoms with Crippen molar-refractivity contribution in [1.82, 2.24) is 20.1 Å². The van der Waals surface area contributed by atoms with Gasteiger partial charge in [-0.05, 0) is 42.5 Å². The number of ether oxygens (including phenoxy) is 2. The van der Waals surface area contributed by atoms with Crippen molar-refractivity contribution in [3.05, 3.63) is 71.3 Å². The number of amides is 2. The van der Waals surface area contributed by atoms with Crippen molar-refractivity contribution in [3.63, 3.8) is 0 Å². The molecule has 2 atom stereocenters. The van der Waals surface area contributed by atoms with Crippen molar-refractivity contribution in [1.29, 1.82) is 0 Å². The molecule has 4 N–H and O–H groups in total. The smallest absolute Gasteiger partial charge is 0.424 e. The minimum atomic E-state index is -5.54. The molecular formula is C28H22F7N5O5. The second kappa shape index (κ2) is 11.2. The summed E-state index contributed by atoms with van der Waals surface area (Å²) in [5.41, 5.74) is -3.15. The van der Waals surface area contributed by atoms with Crippen LogP contribution in [0.3, 0.4) is 0 Å². The number of pyridine rings is 1. The van der Waals surface area contributed by atoms with Crippen molar-refractivity contribution in [2.45, 2.75) is 23.7 Å². The van der Waals surface area contributed by atoms with E-state index in [1.807, 2.05) is 5.32 Å². The largest absolute Gasteiger partial charge is 0.494 e. The summed E-state index contributed by atoms with van der Waals surface area (Å²) in [6.45, 7) is -6.76. The van der Waals surface area contributed by atoms with E-state index in [4.69, 9.17) is 15.2 Å². The van der Waals surface area contributed by atoms with Gasteiger partial charge in [0.1, 0.15) is 47.2 Å². The highest BCUT2D eigenvalue weighted by atomic mass is 19.4. The van der Waals surface area contributed by atoms with E-state index in [0.29, 0.717) is 10.7 Å². The Morgan fingerprint density at radius 1 is 1.20 bits per heavy atom. The zero-order chi connectivity index (χ0) is 32.9. The highest BCUT2D eigenvalue weighted by Crippen LogP contribution is 2.48. The fourth-order valence-corrected chi connectivity index (χ4v) is 4.86. The van der Waals surface area contributed by atoms with Gasteiger partial charge in [0.25, 0.3) is 5.91 Å². The van der Waals surface area contributed by atoms with Crippen molar-refractivity contribution in [2.24, 2.45) is 5.73 Å². The Labute approximate surface area is 248 Å². The summed E-state index contributed by atoms with van der Waals surface area (Å²) in [6.07, 6.45) is -4.64. The van der Waals surface area contributed by atoms with Gasteiger partial charge in [-0.2, -0.15) is 27.1 Å². The van der Waals surface area contributed by atoms with Crippen LogP contribution in [0.2, 0.25) is 0 Å². The summed E-state index contributed by atoms with van der Waals surface area (Å²) in [5.74, 6) is -3.59. The van der Waals surface area contributed by atoms with Gasteiger partial charge in [0.15, 0.2) is 0 Å². The maximum atomic E-state index is 14.6. The van der Waals surface area contributed by atoms with Crippen molar-refractivity contribution >= 4 is 22.7 Å². The SMILES string of the molecule is COc1cc(C(=O)NCC(O)(c2cc3c(c(-c4ccc(F)cc4)n2)OCC3(CF)C(N)=O)C(F)(F)F)cc2cn(C(F)F)nc12. The number of hydrogen-bond donors (Lipinski definition) is 3. The molecule has 3 heterocycles. The van der Waals surface area contributed by atoms with Gasteiger partial charge in [-0.15, -0.1) is 0 Å². The molecule has 5 rings (SSSR count). The number of carbonyl (C=O) groups is 2. The fraction of sp³-hybridized carbons (Fsp3) is 0.286. The number of benzene rings is 2. The first-order valence-electron chi connectivity index (χ1n) is 12.9. The lowest BCUT2D eigenvalue weighted by molar-refractivity contribution is -0.265. The molecule has 0 bridgehead atoms. The number of carbonyl (C=O) groups excluding carboxylic acids is 2. The number of aliphatic hydroxyl groups is 1. The number of primary amides is 1. The Morgan fingerprint density at radius 3 is 2.47 bits per heavy atom. The molecule has 17 heteroatoms. The minimum absolute atomic E-state index is 0.00382. The van der Waals surface area contributed by atoms with Crippen LogP contribution in [0.1, 0.15) is 28.2 Å². The molecule has 1 aliphatic heterocycles. The summed E-state index contributed by atoms with van der Waals surface area (Å²) >= 11 is 0. The number of methoxy groups -OCH3 is 1. The number of nitrogens with zero attached hydrogens (tertiary/aromatic N) is 3. The summed E-state index contributed by atoms with van der Waals surface area (Å²) < 4.78 is 109. The Morgan fingerprint density at radius 2 is 1.89 bits per heavy atom. The number of rotatable bonds is 9. The van der Waals surface area contributed by atoms with Gasteiger partial charge in [0.05, 0.1) is 19.3 Å². The lowest BCUT2D eigenvalue weighted by atomic mass is 9.81. The summed E-state index contributed by atoms with van der Waals surface area (Å²) in [4.78, 5) is 29.3. The molecule has 2 amide bonds. The predicted octanol–water partition coefficient (Wildman–Crippen LogP) is 3.91. The molecule has 1 aliphatic rings. The summed E-state index contributed by atoms with van der Waals surface area (Å²) in [5, 5.41) is 16.8. The number of alkyl halides is 6. The lowest BCUT2D eigenvalue weighted by Crippen LogP contribution is -2.52. The molecule has 10 nitrogen and oxygen atoms in total. The normalized spacial score (nSPS) is 17.6. The molecule has 45 heavy (non-hydrogen) atoms. The molecule has 0 saturated carbocycles. The zero-order valence-corrected chi connectivity index (χ0v) is 23.0. The average Bonchev–Trinajstić information content (AvgIpc) is 3.61. The molecule has 2 unspecified atom stereocenters. The van der Waals surface area contributed by atoms with Gasteiger partial charge in [-0.1, -0.05) is 0 Å². The second-order valence-corrected chi connectivity index (χ2v) is 10.2. The molecular weight excluding hydrogens is 619 g/mol. The van der Waals surface area contributed by atoms with E-state index in [1.54, 1.807) is 0 Å². The Bertz CT molecular complexity index is 1800. The van der Waals surface area contributed by atoms with Gasteiger partial charge < -0.3 is 25.6 Å². The van der Waals surface area contributed by atoms with Crippen molar-refractivity contribution < 1.29 is 54.9 Å². The topological polar surface area (TPSA) is 142 Å². The number of fused-ring (bicyclic) bond motifs is 2. The monoisotopic (exact) mass is 641 g/mol. The van der Waals surface area contributed by atoms with Crippen LogP contribution in [0, 0.1) is 5.82 Å². The summed E-state index contributed by atoms with van der Waals surface area (Å²) in [7, 11) is 1.16. The highest BCUT2D eigenvalue weighted by molar-refractivity contribution is 6.00. The fourth-order valence-electron chi connectivity index (χ4n) is 4.86. The van der Waals surface area contributed by atoms with Gasteiger partial charge in [-0.25, -0.2) is 18.4 Å². The molecule has 2 aromatic heterocycles. The van der Waals surface area contributed by atoms with Crippen LogP contribution < -0.4 is 20.5 Å². The maximum absolute atomic E-state index is 14.6. The third kappa shape index (κ3) is 5.26. The van der Waals surface area contributed by atoms with Crippen LogP contribution in [0.4, 0.5) is 30.7 Å². The Hall–Kier alpha value is -4.93. The van der Waals surface area contributed by atoms with Crippen LogP contribution in [0.25, 0.3) is 22.2 Å². The number of aromatic nitrogens is 3. The van der Waals surface area contributed by atoms with Gasteiger partial charge >= 0.3 is 12.7 Å². The van der Waals surface area contributed by atoms with E-state index in [2.05, 4.69) is 10.1 Å². The number of nitrogens with two attached hydrogens (primary N) is 1.